The number of hydrogen-bond acceptors (Lipinski definition) is 5. The lowest BCUT2D eigenvalue weighted by Gasteiger charge is -2.11. The second kappa shape index (κ2) is 7.83. The van der Waals surface area contributed by atoms with Gasteiger partial charge in [-0.1, -0.05) is 6.07 Å². The van der Waals surface area contributed by atoms with Crippen LogP contribution in [0.4, 0.5) is 4.39 Å². The Labute approximate surface area is 183 Å². The maximum Gasteiger partial charge on any atom is 0.251 e. The Hall–Kier alpha value is -3.59. The fraction of sp³-hybridized carbons (Fsp3) is 0.174. The molecule has 0 spiro atoms. The third-order valence-corrected chi connectivity index (χ3v) is 7.38. The van der Waals surface area contributed by atoms with Gasteiger partial charge in [0.1, 0.15) is 12.1 Å². The van der Waals surface area contributed by atoms with E-state index < -0.39 is 9.84 Å². The zero-order valence-electron chi connectivity index (χ0n) is 16.9. The van der Waals surface area contributed by atoms with Gasteiger partial charge >= 0.3 is 0 Å². The van der Waals surface area contributed by atoms with Gasteiger partial charge in [-0.15, -0.1) is 0 Å². The second-order valence-corrected chi connectivity index (χ2v) is 10.1. The van der Waals surface area contributed by atoms with Crippen LogP contribution in [-0.2, 0) is 9.84 Å². The number of rotatable bonds is 4. The molecule has 7 nitrogen and oxygen atoms in total. The van der Waals surface area contributed by atoms with E-state index >= 15 is 0 Å². The molecule has 0 bridgehead atoms. The van der Waals surface area contributed by atoms with Gasteiger partial charge in [0.15, 0.2) is 9.84 Å². The molecule has 1 aliphatic rings. The lowest BCUT2D eigenvalue weighted by atomic mass is 10.1. The maximum absolute atomic E-state index is 13.5. The van der Waals surface area contributed by atoms with Crippen molar-refractivity contribution < 1.29 is 17.6 Å². The Morgan fingerprint density at radius 3 is 2.53 bits per heavy atom. The summed E-state index contributed by atoms with van der Waals surface area (Å²) in [6.07, 6.45) is 7.19. The third-order valence-electron chi connectivity index (χ3n) is 5.61. The first-order valence-corrected chi connectivity index (χ1v) is 11.9. The molecule has 32 heavy (non-hydrogen) atoms. The van der Waals surface area contributed by atoms with E-state index in [9.17, 15) is 17.6 Å². The van der Waals surface area contributed by atoms with E-state index in [-0.39, 0.29) is 29.3 Å². The number of carbonyl (C=O) groups excluding carboxylic acids is 1. The number of fused-ring (bicyclic) bond motifs is 1. The van der Waals surface area contributed by atoms with Crippen molar-refractivity contribution in [1.29, 1.82) is 0 Å². The van der Waals surface area contributed by atoms with Gasteiger partial charge in [0, 0.05) is 52.4 Å². The highest BCUT2D eigenvalue weighted by atomic mass is 32.2. The lowest BCUT2D eigenvalue weighted by molar-refractivity contribution is 0.0941. The van der Waals surface area contributed by atoms with Gasteiger partial charge in [0.05, 0.1) is 17.0 Å². The van der Waals surface area contributed by atoms with Crippen LogP contribution in [0.3, 0.4) is 0 Å². The standard InChI is InChI=1S/C23H19FN4O3S/c24-17-2-4-19(5-3-17)28-12-21(16-10-25-14-26-11-16)20-6-1-15(9-22(20)28)23(29)27-18-7-8-32(30,31)13-18/h1-6,9-12,14,18H,7-8,13H2,(H,27,29). The van der Waals surface area contributed by atoms with Crippen LogP contribution in [0.15, 0.2) is 67.4 Å². The highest BCUT2D eigenvalue weighted by Crippen LogP contribution is 2.33. The predicted molar refractivity (Wildman–Crippen MR) is 119 cm³/mol. The topological polar surface area (TPSA) is 93.9 Å². The van der Waals surface area contributed by atoms with E-state index in [2.05, 4.69) is 15.3 Å². The molecule has 0 saturated carbocycles. The molecule has 1 atom stereocenters. The molecule has 1 amide bonds. The van der Waals surface area contributed by atoms with E-state index in [0.717, 1.165) is 27.7 Å². The van der Waals surface area contributed by atoms with Crippen molar-refractivity contribution in [1.82, 2.24) is 19.9 Å². The van der Waals surface area contributed by atoms with E-state index in [1.54, 1.807) is 36.7 Å². The SMILES string of the molecule is O=C(NC1CCS(=O)(=O)C1)c1ccc2c(-c3cncnc3)cn(-c3ccc(F)cc3)c2c1. The fourth-order valence-electron chi connectivity index (χ4n) is 4.03. The molecular formula is C23H19FN4O3S. The molecule has 1 aliphatic heterocycles. The average molecular weight is 450 g/mol. The molecule has 1 fully saturated rings. The minimum absolute atomic E-state index is 0.0366. The van der Waals surface area contributed by atoms with Crippen LogP contribution < -0.4 is 5.32 Å². The summed E-state index contributed by atoms with van der Waals surface area (Å²) in [5.41, 5.74) is 3.59. The zero-order valence-corrected chi connectivity index (χ0v) is 17.7. The Morgan fingerprint density at radius 2 is 1.84 bits per heavy atom. The molecule has 3 heterocycles. The number of aromatic nitrogens is 3. The van der Waals surface area contributed by atoms with E-state index in [1.165, 1.54) is 18.5 Å². The van der Waals surface area contributed by atoms with Gasteiger partial charge in [-0.05, 0) is 42.8 Å². The average Bonchev–Trinajstić information content (AvgIpc) is 3.34. The van der Waals surface area contributed by atoms with Crippen LogP contribution in [0, 0.1) is 5.82 Å². The molecule has 2 aromatic heterocycles. The highest BCUT2D eigenvalue weighted by molar-refractivity contribution is 7.91. The summed E-state index contributed by atoms with van der Waals surface area (Å²) in [6, 6.07) is 11.0. The number of nitrogens with one attached hydrogen (secondary N) is 1. The number of halogens is 1. The summed E-state index contributed by atoms with van der Waals surface area (Å²) in [6.45, 7) is 0. The van der Waals surface area contributed by atoms with Gasteiger partial charge in [-0.2, -0.15) is 0 Å². The maximum atomic E-state index is 13.5. The fourth-order valence-corrected chi connectivity index (χ4v) is 5.70. The van der Waals surface area contributed by atoms with Crippen LogP contribution in [-0.4, -0.2) is 46.4 Å². The van der Waals surface area contributed by atoms with E-state index in [0.29, 0.717) is 12.0 Å². The van der Waals surface area contributed by atoms with Crippen LogP contribution in [0.5, 0.6) is 0 Å². The molecular weight excluding hydrogens is 431 g/mol. The van der Waals surface area contributed by atoms with Crippen molar-refractivity contribution in [3.05, 3.63) is 78.8 Å². The van der Waals surface area contributed by atoms with Gasteiger partial charge in [-0.25, -0.2) is 22.8 Å². The number of nitrogens with zero attached hydrogens (tertiary/aromatic N) is 3. The predicted octanol–water partition coefficient (Wildman–Crippen LogP) is 3.14. The molecule has 4 aromatic rings. The highest BCUT2D eigenvalue weighted by Gasteiger charge is 2.29. The molecule has 162 valence electrons. The minimum Gasteiger partial charge on any atom is -0.348 e. The number of sulfone groups is 1. The third kappa shape index (κ3) is 3.87. The van der Waals surface area contributed by atoms with E-state index in [4.69, 9.17) is 0 Å². The summed E-state index contributed by atoms with van der Waals surface area (Å²) in [5.74, 6) is -0.614. The summed E-state index contributed by atoms with van der Waals surface area (Å²) in [7, 11) is -3.09. The Kier molecular flexibility index (Phi) is 4.97. The van der Waals surface area contributed by atoms with Crippen LogP contribution in [0.1, 0.15) is 16.8 Å². The monoisotopic (exact) mass is 450 g/mol. The number of amides is 1. The lowest BCUT2D eigenvalue weighted by Crippen LogP contribution is -2.35. The minimum atomic E-state index is -3.09. The largest absolute Gasteiger partial charge is 0.348 e. The molecule has 5 rings (SSSR count). The number of carbonyl (C=O) groups is 1. The first-order valence-electron chi connectivity index (χ1n) is 10.1. The summed E-state index contributed by atoms with van der Waals surface area (Å²) < 4.78 is 38.8. The summed E-state index contributed by atoms with van der Waals surface area (Å²) in [4.78, 5) is 21.0. The van der Waals surface area contributed by atoms with Gasteiger partial charge < -0.3 is 9.88 Å². The van der Waals surface area contributed by atoms with Crippen molar-refractivity contribution in [3.8, 4) is 16.8 Å². The smallest absolute Gasteiger partial charge is 0.251 e. The Balaban J connectivity index is 1.58. The van der Waals surface area contributed by atoms with Crippen LogP contribution in [0.25, 0.3) is 27.7 Å². The van der Waals surface area contributed by atoms with Crippen molar-refractivity contribution in [2.45, 2.75) is 12.5 Å². The van der Waals surface area contributed by atoms with Crippen LogP contribution >= 0.6 is 0 Å². The van der Waals surface area contributed by atoms with Crippen molar-refractivity contribution in [3.63, 3.8) is 0 Å². The van der Waals surface area contributed by atoms with Crippen molar-refractivity contribution in [2.24, 2.45) is 0 Å². The van der Waals surface area contributed by atoms with Crippen molar-refractivity contribution >= 4 is 26.6 Å². The first-order chi connectivity index (χ1) is 15.4. The second-order valence-electron chi connectivity index (χ2n) is 7.82. The molecule has 0 aliphatic carbocycles. The first kappa shape index (κ1) is 20.3. The molecule has 1 N–H and O–H groups in total. The summed E-state index contributed by atoms with van der Waals surface area (Å²) in [5, 5.41) is 3.70. The molecule has 9 heteroatoms. The molecule has 0 radical (unpaired) electrons. The zero-order chi connectivity index (χ0) is 22.3. The number of benzene rings is 2. The molecule has 1 unspecified atom stereocenters. The molecule has 1 saturated heterocycles. The van der Waals surface area contributed by atoms with Crippen molar-refractivity contribution in [2.75, 3.05) is 11.5 Å². The Bertz CT molecular complexity index is 1420. The van der Waals surface area contributed by atoms with Gasteiger partial charge in [0.25, 0.3) is 5.91 Å². The normalized spacial score (nSPS) is 17.5. The quantitative estimate of drug-likeness (QED) is 0.516. The number of hydrogen-bond donors (Lipinski definition) is 1. The van der Waals surface area contributed by atoms with Crippen LogP contribution in [0.2, 0.25) is 0 Å². The molecule has 2 aromatic carbocycles. The summed E-state index contributed by atoms with van der Waals surface area (Å²) >= 11 is 0. The van der Waals surface area contributed by atoms with E-state index in [1.807, 2.05) is 16.8 Å². The Morgan fingerprint density at radius 1 is 1.09 bits per heavy atom. The van der Waals surface area contributed by atoms with Gasteiger partial charge in [-0.3, -0.25) is 4.79 Å². The van der Waals surface area contributed by atoms with Gasteiger partial charge in [0.2, 0.25) is 0 Å².